The van der Waals surface area contributed by atoms with Gasteiger partial charge in [0.1, 0.15) is 17.1 Å². The van der Waals surface area contributed by atoms with Gasteiger partial charge >= 0.3 is 0 Å². The predicted octanol–water partition coefficient (Wildman–Crippen LogP) is 2.95. The van der Waals surface area contributed by atoms with Gasteiger partial charge in [0.15, 0.2) is 5.78 Å². The van der Waals surface area contributed by atoms with Gasteiger partial charge in [0.2, 0.25) is 0 Å². The van der Waals surface area contributed by atoms with E-state index in [-0.39, 0.29) is 48.1 Å². The summed E-state index contributed by atoms with van der Waals surface area (Å²) in [6.07, 6.45) is 0.705. The van der Waals surface area contributed by atoms with Crippen LogP contribution >= 0.6 is 0 Å². The fraction of sp³-hybridized carbons (Fsp3) is 0.360. The molecule has 0 saturated carbocycles. The van der Waals surface area contributed by atoms with Gasteiger partial charge in [-0.15, -0.1) is 0 Å². The van der Waals surface area contributed by atoms with Crippen LogP contribution in [0.4, 0.5) is 0 Å². The Kier molecular flexibility index (Phi) is 4.77. The Morgan fingerprint density at radius 3 is 2.52 bits per heavy atom. The van der Waals surface area contributed by atoms with Crippen molar-refractivity contribution >= 4 is 23.5 Å². The molecule has 3 aliphatic rings. The minimum Gasteiger partial charge on any atom is -0.497 e. The molecule has 0 N–H and O–H groups in total. The number of carbonyl (C=O) groups excluding carboxylic acids is 4. The minimum atomic E-state index is -0.773. The molecule has 1 saturated heterocycles. The van der Waals surface area contributed by atoms with E-state index in [1.165, 1.54) is 11.0 Å². The number of hydrogen-bond donors (Lipinski definition) is 0. The number of ether oxygens (including phenoxy) is 2. The fourth-order valence-electron chi connectivity index (χ4n) is 4.89. The molecule has 2 aromatic rings. The number of imide groups is 1. The fourth-order valence-corrected chi connectivity index (χ4v) is 4.89. The maximum atomic E-state index is 13.2. The van der Waals surface area contributed by atoms with E-state index in [9.17, 15) is 19.2 Å². The van der Waals surface area contributed by atoms with E-state index in [0.717, 1.165) is 0 Å². The first-order valence-electron chi connectivity index (χ1n) is 10.9. The van der Waals surface area contributed by atoms with Gasteiger partial charge in [-0.2, -0.15) is 0 Å². The summed E-state index contributed by atoms with van der Waals surface area (Å²) < 4.78 is 11.4. The number of methoxy groups -OCH3 is 1. The molecule has 3 heterocycles. The first kappa shape index (κ1) is 21.2. The van der Waals surface area contributed by atoms with E-state index in [1.807, 2.05) is 0 Å². The molecule has 2 aromatic carbocycles. The van der Waals surface area contributed by atoms with Crippen LogP contribution in [-0.4, -0.2) is 65.1 Å². The molecular weight excluding hydrogens is 424 g/mol. The molecule has 8 heteroatoms. The number of Topliss-reactive ketones (excluding diaryl/α,β-unsaturated/α-hetero) is 1. The Morgan fingerprint density at radius 1 is 1.03 bits per heavy atom. The SMILES string of the molecule is COc1ccc2c(c1)C(=O)CC1(CCN(C(=O)c3ccc4c(c3)C(=O)N(C(C)C)C4=O)C1)O2. The molecule has 33 heavy (non-hydrogen) atoms. The highest BCUT2D eigenvalue weighted by atomic mass is 16.5. The molecule has 1 atom stereocenters. The molecule has 1 fully saturated rings. The van der Waals surface area contributed by atoms with Gasteiger partial charge in [0.05, 0.1) is 36.8 Å². The molecule has 8 nitrogen and oxygen atoms in total. The zero-order chi connectivity index (χ0) is 23.5. The van der Waals surface area contributed by atoms with Gasteiger partial charge in [-0.05, 0) is 50.2 Å². The molecule has 5 rings (SSSR count). The van der Waals surface area contributed by atoms with Crippen molar-refractivity contribution in [1.82, 2.24) is 9.80 Å². The van der Waals surface area contributed by atoms with Crippen molar-refractivity contribution < 1.29 is 28.7 Å². The molecule has 0 radical (unpaired) electrons. The van der Waals surface area contributed by atoms with Crippen molar-refractivity contribution in [3.63, 3.8) is 0 Å². The van der Waals surface area contributed by atoms with E-state index in [0.29, 0.717) is 41.2 Å². The molecule has 170 valence electrons. The maximum absolute atomic E-state index is 13.2. The first-order valence-corrected chi connectivity index (χ1v) is 10.9. The van der Waals surface area contributed by atoms with Crippen molar-refractivity contribution in [2.75, 3.05) is 20.2 Å². The number of fused-ring (bicyclic) bond motifs is 2. The summed E-state index contributed by atoms with van der Waals surface area (Å²) >= 11 is 0. The maximum Gasteiger partial charge on any atom is 0.261 e. The van der Waals surface area contributed by atoms with Gasteiger partial charge in [0, 0.05) is 24.6 Å². The Balaban J connectivity index is 1.37. The van der Waals surface area contributed by atoms with Gasteiger partial charge in [-0.25, -0.2) is 0 Å². The summed E-state index contributed by atoms with van der Waals surface area (Å²) in [5.41, 5.74) is 0.619. The van der Waals surface area contributed by atoms with E-state index < -0.39 is 5.60 Å². The summed E-state index contributed by atoms with van der Waals surface area (Å²) in [7, 11) is 1.54. The topological polar surface area (TPSA) is 93.2 Å². The van der Waals surface area contributed by atoms with Gasteiger partial charge in [-0.1, -0.05) is 0 Å². The lowest BCUT2D eigenvalue weighted by molar-refractivity contribution is 0.0427. The van der Waals surface area contributed by atoms with Crippen molar-refractivity contribution in [3.05, 3.63) is 58.7 Å². The number of hydrogen-bond acceptors (Lipinski definition) is 6. The summed E-state index contributed by atoms with van der Waals surface area (Å²) in [5, 5.41) is 0. The van der Waals surface area contributed by atoms with Crippen molar-refractivity contribution in [2.45, 2.75) is 38.3 Å². The van der Waals surface area contributed by atoms with Crippen molar-refractivity contribution in [2.24, 2.45) is 0 Å². The average Bonchev–Trinajstić information content (AvgIpc) is 3.31. The van der Waals surface area contributed by atoms with Crippen LogP contribution in [0.25, 0.3) is 0 Å². The predicted molar refractivity (Wildman–Crippen MR) is 118 cm³/mol. The normalized spacial score (nSPS) is 21.5. The number of rotatable bonds is 3. The van der Waals surface area contributed by atoms with Crippen molar-refractivity contribution in [1.29, 1.82) is 0 Å². The van der Waals surface area contributed by atoms with Gasteiger partial charge < -0.3 is 14.4 Å². The number of benzene rings is 2. The number of carbonyl (C=O) groups is 4. The average molecular weight is 448 g/mol. The third-order valence-electron chi connectivity index (χ3n) is 6.58. The lowest BCUT2D eigenvalue weighted by Gasteiger charge is -2.34. The zero-order valence-corrected chi connectivity index (χ0v) is 18.7. The molecule has 0 aromatic heterocycles. The van der Waals surface area contributed by atoms with Crippen LogP contribution in [0.1, 0.15) is 68.1 Å². The highest BCUT2D eigenvalue weighted by Gasteiger charge is 2.47. The summed E-state index contributed by atoms with van der Waals surface area (Å²) in [4.78, 5) is 54.1. The van der Waals surface area contributed by atoms with E-state index in [1.54, 1.807) is 56.2 Å². The Labute approximate surface area is 191 Å². The van der Waals surface area contributed by atoms with Crippen LogP contribution in [0.15, 0.2) is 36.4 Å². The number of nitrogens with zero attached hydrogens (tertiary/aromatic N) is 2. The Bertz CT molecular complexity index is 1220. The second-order valence-corrected chi connectivity index (χ2v) is 9.06. The van der Waals surface area contributed by atoms with Crippen LogP contribution in [0.5, 0.6) is 11.5 Å². The van der Waals surface area contributed by atoms with Gasteiger partial charge in [0.25, 0.3) is 17.7 Å². The van der Waals surface area contributed by atoms with E-state index in [4.69, 9.17) is 9.47 Å². The largest absolute Gasteiger partial charge is 0.497 e. The van der Waals surface area contributed by atoms with Crippen LogP contribution in [0, 0.1) is 0 Å². The molecule has 1 spiro atoms. The highest BCUT2D eigenvalue weighted by molar-refractivity contribution is 6.22. The molecule has 0 aliphatic carbocycles. The smallest absolute Gasteiger partial charge is 0.261 e. The lowest BCUT2D eigenvalue weighted by Crippen LogP contribution is -2.45. The van der Waals surface area contributed by atoms with Crippen LogP contribution in [0.3, 0.4) is 0 Å². The second-order valence-electron chi connectivity index (χ2n) is 9.06. The molecular formula is C25H24N2O6. The number of amides is 3. The summed E-state index contributed by atoms with van der Waals surface area (Å²) in [6.45, 7) is 4.25. The summed E-state index contributed by atoms with van der Waals surface area (Å²) in [5.74, 6) is 0.0657. The standard InChI is InChI=1S/C25H24N2O6/c1-14(2)27-23(30)17-6-4-15(10-18(17)24(27)31)22(29)26-9-8-25(13-26)12-20(28)19-11-16(32-3)5-7-21(19)33-25/h4-7,10-11,14H,8-9,12-13H2,1-3H3. The minimum absolute atomic E-state index is 0.0418. The molecule has 1 unspecified atom stereocenters. The highest BCUT2D eigenvalue weighted by Crippen LogP contribution is 2.40. The molecule has 3 aliphatic heterocycles. The van der Waals surface area contributed by atoms with E-state index >= 15 is 0 Å². The van der Waals surface area contributed by atoms with E-state index in [2.05, 4.69) is 0 Å². The Morgan fingerprint density at radius 2 is 1.79 bits per heavy atom. The monoisotopic (exact) mass is 448 g/mol. The quantitative estimate of drug-likeness (QED) is 0.671. The van der Waals surface area contributed by atoms with Crippen LogP contribution < -0.4 is 9.47 Å². The first-order chi connectivity index (χ1) is 15.7. The Hall–Kier alpha value is -3.68. The molecule has 0 bridgehead atoms. The van der Waals surface area contributed by atoms with Crippen LogP contribution in [0.2, 0.25) is 0 Å². The summed E-state index contributed by atoms with van der Waals surface area (Å²) in [6, 6.07) is 9.49. The zero-order valence-electron chi connectivity index (χ0n) is 18.7. The van der Waals surface area contributed by atoms with Crippen molar-refractivity contribution in [3.8, 4) is 11.5 Å². The molecule has 3 amide bonds. The third kappa shape index (κ3) is 3.28. The third-order valence-corrected chi connectivity index (χ3v) is 6.58. The number of likely N-dealkylation sites (tertiary alicyclic amines) is 1. The van der Waals surface area contributed by atoms with Gasteiger partial charge in [-0.3, -0.25) is 24.1 Å². The number of ketones is 1. The second kappa shape index (κ2) is 7.43. The lowest BCUT2D eigenvalue weighted by atomic mass is 9.89. The van der Waals surface area contributed by atoms with Crippen LogP contribution in [-0.2, 0) is 0 Å².